The molecule has 0 aliphatic rings. The van der Waals surface area contributed by atoms with Gasteiger partial charge in [0, 0.05) is 6.61 Å². The van der Waals surface area contributed by atoms with Gasteiger partial charge in [0.2, 0.25) is 0 Å². The second-order valence-electron chi connectivity index (χ2n) is 4.11. The average Bonchev–Trinajstić information content (AvgIpc) is 2.30. The zero-order chi connectivity index (χ0) is 12.2. The maximum Gasteiger partial charge on any atom is 0.0471 e. The van der Waals surface area contributed by atoms with Crippen LogP contribution in [-0.2, 0) is 0 Å². The van der Waals surface area contributed by atoms with Gasteiger partial charge in [0.05, 0.1) is 0 Å². The third-order valence-corrected chi connectivity index (χ3v) is 2.80. The Hall–Kier alpha value is -0.820. The van der Waals surface area contributed by atoms with E-state index in [1.54, 1.807) is 0 Å². The van der Waals surface area contributed by atoms with Crippen LogP contribution in [0.4, 0.5) is 0 Å². The zero-order valence-electron chi connectivity index (χ0n) is 10.7. The van der Waals surface area contributed by atoms with Crippen LogP contribution >= 0.6 is 0 Å². The Balaban J connectivity index is 4.31. The van der Waals surface area contributed by atoms with Crippen molar-refractivity contribution in [3.05, 3.63) is 36.5 Å². The van der Waals surface area contributed by atoms with E-state index in [0.29, 0.717) is 0 Å². The van der Waals surface area contributed by atoms with Crippen LogP contribution in [0.2, 0.25) is 0 Å². The first-order valence-corrected chi connectivity index (χ1v) is 6.35. The molecule has 1 N–H and O–H groups in total. The van der Waals surface area contributed by atoms with E-state index in [0.717, 1.165) is 19.3 Å². The Morgan fingerprint density at radius 2 is 1.88 bits per heavy atom. The van der Waals surface area contributed by atoms with Gasteiger partial charge in [-0.25, -0.2) is 0 Å². The molecule has 0 radical (unpaired) electrons. The van der Waals surface area contributed by atoms with Crippen molar-refractivity contribution in [2.75, 3.05) is 6.61 Å². The van der Waals surface area contributed by atoms with Gasteiger partial charge in [-0.05, 0) is 31.3 Å². The SMILES string of the molecule is C=CC/C(CCCCCC)=C(\C=C)CCO. The fourth-order valence-corrected chi connectivity index (χ4v) is 1.88. The number of hydrogen-bond acceptors (Lipinski definition) is 1. The van der Waals surface area contributed by atoms with Crippen molar-refractivity contribution in [3.63, 3.8) is 0 Å². The fourth-order valence-electron chi connectivity index (χ4n) is 1.88. The highest BCUT2D eigenvalue weighted by molar-refractivity contribution is 5.25. The van der Waals surface area contributed by atoms with Crippen molar-refractivity contribution in [2.45, 2.75) is 51.9 Å². The van der Waals surface area contributed by atoms with E-state index >= 15 is 0 Å². The summed E-state index contributed by atoms with van der Waals surface area (Å²) in [6, 6.07) is 0. The molecule has 0 unspecified atom stereocenters. The first-order chi connectivity index (χ1) is 7.79. The van der Waals surface area contributed by atoms with Crippen LogP contribution in [-0.4, -0.2) is 11.7 Å². The van der Waals surface area contributed by atoms with Crippen molar-refractivity contribution in [1.82, 2.24) is 0 Å². The summed E-state index contributed by atoms with van der Waals surface area (Å²) in [6.45, 7) is 10.0. The largest absolute Gasteiger partial charge is 0.396 e. The quantitative estimate of drug-likeness (QED) is 0.330. The van der Waals surface area contributed by atoms with Gasteiger partial charge in [-0.15, -0.1) is 6.58 Å². The van der Waals surface area contributed by atoms with Gasteiger partial charge < -0.3 is 5.11 Å². The number of aliphatic hydroxyl groups excluding tert-OH is 1. The van der Waals surface area contributed by atoms with E-state index < -0.39 is 0 Å². The lowest BCUT2D eigenvalue weighted by Gasteiger charge is -2.10. The molecule has 0 amide bonds. The van der Waals surface area contributed by atoms with Crippen molar-refractivity contribution in [3.8, 4) is 0 Å². The summed E-state index contributed by atoms with van der Waals surface area (Å²) in [5.41, 5.74) is 2.61. The van der Waals surface area contributed by atoms with Crippen molar-refractivity contribution < 1.29 is 5.11 Å². The molecule has 0 saturated carbocycles. The number of hydrogen-bond donors (Lipinski definition) is 1. The topological polar surface area (TPSA) is 20.2 Å². The molecule has 0 aromatic rings. The fraction of sp³-hybridized carbons (Fsp3) is 0.600. The standard InChI is InChI=1S/C15H26O/c1-4-7-8-9-11-15(10-5-2)14(6-3)12-13-16/h5-6,16H,2-4,7-13H2,1H3/b15-14-. The first kappa shape index (κ1) is 15.2. The number of rotatable bonds is 10. The van der Waals surface area contributed by atoms with Gasteiger partial charge in [0.25, 0.3) is 0 Å². The molecule has 16 heavy (non-hydrogen) atoms. The summed E-state index contributed by atoms with van der Waals surface area (Å²) in [4.78, 5) is 0. The first-order valence-electron chi connectivity index (χ1n) is 6.35. The van der Waals surface area contributed by atoms with Gasteiger partial charge in [-0.1, -0.05) is 50.5 Å². The minimum atomic E-state index is 0.205. The predicted octanol–water partition coefficient (Wildman–Crippen LogP) is 4.40. The number of unbranched alkanes of at least 4 members (excludes halogenated alkanes) is 3. The summed E-state index contributed by atoms with van der Waals surface area (Å²) in [5, 5.41) is 8.99. The van der Waals surface area contributed by atoms with Gasteiger partial charge in [0.1, 0.15) is 0 Å². The van der Waals surface area contributed by atoms with Crippen LogP contribution in [0, 0.1) is 0 Å². The molecule has 0 saturated heterocycles. The minimum Gasteiger partial charge on any atom is -0.396 e. The molecule has 0 rings (SSSR count). The van der Waals surface area contributed by atoms with E-state index in [-0.39, 0.29) is 6.61 Å². The molecule has 1 nitrogen and oxygen atoms in total. The van der Waals surface area contributed by atoms with Crippen LogP contribution < -0.4 is 0 Å². The maximum absolute atomic E-state index is 8.99. The van der Waals surface area contributed by atoms with Crippen LogP contribution in [0.5, 0.6) is 0 Å². The van der Waals surface area contributed by atoms with Crippen molar-refractivity contribution >= 4 is 0 Å². The summed E-state index contributed by atoms with van der Waals surface area (Å²) < 4.78 is 0. The monoisotopic (exact) mass is 222 g/mol. The molecule has 0 spiro atoms. The highest BCUT2D eigenvalue weighted by atomic mass is 16.2. The Morgan fingerprint density at radius 3 is 2.38 bits per heavy atom. The summed E-state index contributed by atoms with van der Waals surface area (Å²) >= 11 is 0. The molecule has 0 bridgehead atoms. The Bertz CT molecular complexity index is 226. The third kappa shape index (κ3) is 6.62. The molecule has 0 fully saturated rings. The van der Waals surface area contributed by atoms with Crippen LogP contribution in [0.1, 0.15) is 51.9 Å². The Kier molecular flexibility index (Phi) is 10.1. The van der Waals surface area contributed by atoms with E-state index in [9.17, 15) is 0 Å². The van der Waals surface area contributed by atoms with Gasteiger partial charge in [0.15, 0.2) is 0 Å². The molecule has 92 valence electrons. The number of allylic oxidation sites excluding steroid dienone is 3. The van der Waals surface area contributed by atoms with Crippen LogP contribution in [0.3, 0.4) is 0 Å². The maximum atomic E-state index is 8.99. The molecule has 0 heterocycles. The van der Waals surface area contributed by atoms with Crippen LogP contribution in [0.15, 0.2) is 36.5 Å². The van der Waals surface area contributed by atoms with E-state index in [1.165, 1.54) is 36.8 Å². The number of aliphatic hydroxyl groups is 1. The molecular formula is C15H26O. The van der Waals surface area contributed by atoms with Crippen molar-refractivity contribution in [2.24, 2.45) is 0 Å². The normalized spacial score (nSPS) is 12.1. The van der Waals surface area contributed by atoms with Crippen LogP contribution in [0.25, 0.3) is 0 Å². The molecule has 0 aliphatic carbocycles. The Morgan fingerprint density at radius 1 is 1.12 bits per heavy atom. The van der Waals surface area contributed by atoms with Gasteiger partial charge in [-0.2, -0.15) is 0 Å². The van der Waals surface area contributed by atoms with E-state index in [2.05, 4.69) is 20.1 Å². The summed E-state index contributed by atoms with van der Waals surface area (Å²) in [7, 11) is 0. The molecule has 0 aliphatic heterocycles. The lowest BCUT2D eigenvalue weighted by molar-refractivity contribution is 0.300. The lowest BCUT2D eigenvalue weighted by Crippen LogP contribution is -1.94. The second-order valence-corrected chi connectivity index (χ2v) is 4.11. The molecule has 0 aromatic heterocycles. The van der Waals surface area contributed by atoms with E-state index in [1.807, 2.05) is 12.2 Å². The molecular weight excluding hydrogens is 196 g/mol. The third-order valence-electron chi connectivity index (χ3n) is 2.80. The Labute approximate surface area is 101 Å². The van der Waals surface area contributed by atoms with Gasteiger partial charge >= 0.3 is 0 Å². The highest BCUT2D eigenvalue weighted by Gasteiger charge is 2.02. The lowest BCUT2D eigenvalue weighted by atomic mass is 9.96. The van der Waals surface area contributed by atoms with E-state index in [4.69, 9.17) is 5.11 Å². The summed E-state index contributed by atoms with van der Waals surface area (Å²) in [5.74, 6) is 0. The molecule has 0 atom stereocenters. The highest BCUT2D eigenvalue weighted by Crippen LogP contribution is 2.20. The van der Waals surface area contributed by atoms with Crippen molar-refractivity contribution in [1.29, 1.82) is 0 Å². The van der Waals surface area contributed by atoms with Gasteiger partial charge in [-0.3, -0.25) is 0 Å². The minimum absolute atomic E-state index is 0.205. The second kappa shape index (κ2) is 10.7. The predicted molar refractivity (Wildman–Crippen MR) is 72.5 cm³/mol. The smallest absolute Gasteiger partial charge is 0.0471 e. The molecule has 1 heteroatoms. The molecule has 0 aromatic carbocycles. The summed E-state index contributed by atoms with van der Waals surface area (Å²) in [6.07, 6.45) is 11.7. The average molecular weight is 222 g/mol. The zero-order valence-corrected chi connectivity index (χ0v) is 10.7.